The van der Waals surface area contributed by atoms with Crippen molar-refractivity contribution in [1.29, 1.82) is 0 Å². The first kappa shape index (κ1) is 27.7. The zero-order chi connectivity index (χ0) is 28.1. The summed E-state index contributed by atoms with van der Waals surface area (Å²) >= 11 is 0. The van der Waals surface area contributed by atoms with E-state index in [9.17, 15) is 14.4 Å². The highest BCUT2D eigenvalue weighted by Crippen LogP contribution is 2.40. The van der Waals surface area contributed by atoms with Crippen LogP contribution in [0, 0.1) is 11.6 Å². The molecule has 0 bridgehead atoms. The number of benzene rings is 3. The van der Waals surface area contributed by atoms with Crippen LogP contribution in [0.3, 0.4) is 0 Å². The number of esters is 3. The van der Waals surface area contributed by atoms with Crippen LogP contribution in [-0.4, -0.2) is 17.9 Å². The molecule has 3 rings (SSSR count). The van der Waals surface area contributed by atoms with Gasteiger partial charge in [0, 0.05) is 22.3 Å². The number of halogens is 2. The Kier molecular flexibility index (Phi) is 8.37. The van der Waals surface area contributed by atoms with Crippen LogP contribution in [0.5, 0.6) is 17.2 Å². The second kappa shape index (κ2) is 11.5. The molecule has 0 radical (unpaired) electrons. The molecule has 0 N–H and O–H groups in total. The van der Waals surface area contributed by atoms with Crippen molar-refractivity contribution in [2.24, 2.45) is 0 Å². The van der Waals surface area contributed by atoms with Crippen molar-refractivity contribution in [2.45, 2.75) is 20.8 Å². The predicted octanol–water partition coefficient (Wildman–Crippen LogP) is 6.74. The molecule has 0 atom stereocenters. The Bertz CT molecular complexity index is 1470. The van der Waals surface area contributed by atoms with E-state index in [-0.39, 0.29) is 56.2 Å². The predicted molar refractivity (Wildman–Crippen MR) is 139 cm³/mol. The van der Waals surface area contributed by atoms with Crippen LogP contribution < -0.4 is 14.2 Å². The van der Waals surface area contributed by atoms with Crippen molar-refractivity contribution in [2.75, 3.05) is 0 Å². The van der Waals surface area contributed by atoms with Gasteiger partial charge in [-0.3, -0.25) is 0 Å². The average Bonchev–Trinajstić information content (AvgIpc) is 2.87. The molecular weight excluding hydrogens is 494 g/mol. The molecule has 0 saturated heterocycles. The molecular formula is C30H24F2O6. The molecule has 8 heteroatoms. The van der Waals surface area contributed by atoms with E-state index in [0.717, 1.165) is 0 Å². The summed E-state index contributed by atoms with van der Waals surface area (Å²) in [5.41, 5.74) is 0.323. The van der Waals surface area contributed by atoms with Gasteiger partial charge in [0.05, 0.1) is 5.56 Å². The lowest BCUT2D eigenvalue weighted by Crippen LogP contribution is -2.11. The Morgan fingerprint density at radius 2 is 1.00 bits per heavy atom. The maximum atomic E-state index is 15.5. The van der Waals surface area contributed by atoms with E-state index in [0.29, 0.717) is 0 Å². The minimum absolute atomic E-state index is 0.0490. The fourth-order valence-corrected chi connectivity index (χ4v) is 3.13. The molecule has 0 aromatic heterocycles. The number of carbonyl (C=O) groups is 3. The number of ether oxygens (including phenoxy) is 3. The molecule has 0 fully saturated rings. The fourth-order valence-electron chi connectivity index (χ4n) is 3.13. The molecule has 0 saturated carbocycles. The van der Waals surface area contributed by atoms with Gasteiger partial charge in [-0.2, -0.15) is 0 Å². The molecule has 6 nitrogen and oxygen atoms in total. The van der Waals surface area contributed by atoms with Gasteiger partial charge in [0.25, 0.3) is 0 Å². The van der Waals surface area contributed by atoms with E-state index in [2.05, 4.69) is 19.7 Å². The van der Waals surface area contributed by atoms with E-state index in [4.69, 9.17) is 14.2 Å². The van der Waals surface area contributed by atoms with E-state index in [1.165, 1.54) is 75.4 Å². The molecule has 3 aromatic carbocycles. The van der Waals surface area contributed by atoms with E-state index in [1.807, 2.05) is 0 Å². The van der Waals surface area contributed by atoms with Crippen LogP contribution >= 0.6 is 0 Å². The summed E-state index contributed by atoms with van der Waals surface area (Å²) in [5, 5.41) is 0. The Morgan fingerprint density at radius 3 is 1.42 bits per heavy atom. The van der Waals surface area contributed by atoms with E-state index < -0.39 is 29.5 Å². The van der Waals surface area contributed by atoms with Crippen molar-refractivity contribution < 1.29 is 37.4 Å². The number of hydrogen-bond acceptors (Lipinski definition) is 6. The van der Waals surface area contributed by atoms with Crippen molar-refractivity contribution >= 4 is 17.9 Å². The van der Waals surface area contributed by atoms with E-state index in [1.54, 1.807) is 0 Å². The van der Waals surface area contributed by atoms with Gasteiger partial charge in [-0.1, -0.05) is 44.0 Å². The van der Waals surface area contributed by atoms with Crippen molar-refractivity contribution in [3.05, 3.63) is 103 Å². The molecule has 0 unspecified atom stereocenters. The van der Waals surface area contributed by atoms with Crippen molar-refractivity contribution in [3.8, 4) is 39.5 Å². The van der Waals surface area contributed by atoms with Gasteiger partial charge in [-0.15, -0.1) is 0 Å². The van der Waals surface area contributed by atoms with Crippen LogP contribution in [0.2, 0.25) is 0 Å². The molecule has 38 heavy (non-hydrogen) atoms. The second-order valence-corrected chi connectivity index (χ2v) is 8.48. The summed E-state index contributed by atoms with van der Waals surface area (Å²) in [6.45, 7) is 14.9. The largest absolute Gasteiger partial charge is 0.423 e. The van der Waals surface area contributed by atoms with Gasteiger partial charge < -0.3 is 14.2 Å². The molecule has 0 aliphatic heterocycles. The summed E-state index contributed by atoms with van der Waals surface area (Å²) < 4.78 is 46.5. The maximum absolute atomic E-state index is 15.5. The Hall–Kier alpha value is -4.85. The van der Waals surface area contributed by atoms with Gasteiger partial charge in [0.1, 0.15) is 17.2 Å². The molecule has 0 aliphatic rings. The highest BCUT2D eigenvalue weighted by molar-refractivity contribution is 5.91. The van der Waals surface area contributed by atoms with Crippen molar-refractivity contribution in [1.82, 2.24) is 0 Å². The SMILES string of the molecule is C=C(C)C(=O)Oc1ccc(-c2cc(OC(=O)C(=C)C)c(-c3ccc(OC(=O)C(=C)C)cc3)c(F)c2F)cc1. The lowest BCUT2D eigenvalue weighted by molar-refractivity contribution is -0.130. The summed E-state index contributed by atoms with van der Waals surface area (Å²) in [7, 11) is 0. The van der Waals surface area contributed by atoms with Gasteiger partial charge >= 0.3 is 17.9 Å². The summed E-state index contributed by atoms with van der Waals surface area (Å²) in [6, 6.07) is 12.4. The van der Waals surface area contributed by atoms with Crippen LogP contribution in [0.25, 0.3) is 22.3 Å². The summed E-state index contributed by atoms with van der Waals surface area (Å²) in [6.07, 6.45) is 0. The first-order chi connectivity index (χ1) is 17.9. The lowest BCUT2D eigenvalue weighted by Gasteiger charge is -2.16. The molecule has 3 aromatic rings. The molecule has 0 spiro atoms. The average molecular weight is 519 g/mol. The first-order valence-corrected chi connectivity index (χ1v) is 11.2. The first-order valence-electron chi connectivity index (χ1n) is 11.2. The Labute approximate surface area is 218 Å². The Balaban J connectivity index is 2.07. The van der Waals surface area contributed by atoms with Crippen LogP contribution in [-0.2, 0) is 14.4 Å². The van der Waals surface area contributed by atoms with Gasteiger partial charge in [0.15, 0.2) is 11.6 Å². The molecule has 0 heterocycles. The smallest absolute Gasteiger partial charge is 0.338 e. The minimum Gasteiger partial charge on any atom is -0.423 e. The van der Waals surface area contributed by atoms with Crippen LogP contribution in [0.15, 0.2) is 91.1 Å². The normalized spacial score (nSPS) is 10.3. The zero-order valence-electron chi connectivity index (χ0n) is 21.0. The van der Waals surface area contributed by atoms with E-state index >= 15 is 8.78 Å². The fraction of sp³-hybridized carbons (Fsp3) is 0.100. The third-order valence-corrected chi connectivity index (χ3v) is 5.15. The highest BCUT2D eigenvalue weighted by Gasteiger charge is 2.24. The van der Waals surface area contributed by atoms with Gasteiger partial charge in [-0.25, -0.2) is 23.2 Å². The second-order valence-electron chi connectivity index (χ2n) is 8.48. The Morgan fingerprint density at radius 1 is 0.605 bits per heavy atom. The molecule has 0 aliphatic carbocycles. The van der Waals surface area contributed by atoms with Crippen LogP contribution in [0.1, 0.15) is 20.8 Å². The lowest BCUT2D eigenvalue weighted by atomic mass is 9.97. The zero-order valence-corrected chi connectivity index (χ0v) is 21.0. The van der Waals surface area contributed by atoms with Gasteiger partial charge in [-0.05, 0) is 62.2 Å². The third-order valence-electron chi connectivity index (χ3n) is 5.15. The third kappa shape index (κ3) is 6.28. The maximum Gasteiger partial charge on any atom is 0.338 e. The number of rotatable bonds is 8. The van der Waals surface area contributed by atoms with Gasteiger partial charge in [0.2, 0.25) is 0 Å². The monoisotopic (exact) mass is 518 g/mol. The number of carbonyl (C=O) groups excluding carboxylic acids is 3. The quantitative estimate of drug-likeness (QED) is 0.187. The minimum atomic E-state index is -1.27. The summed E-state index contributed by atoms with van der Waals surface area (Å²) in [4.78, 5) is 35.8. The van der Waals surface area contributed by atoms with Crippen molar-refractivity contribution in [3.63, 3.8) is 0 Å². The van der Waals surface area contributed by atoms with Crippen LogP contribution in [0.4, 0.5) is 8.78 Å². The topological polar surface area (TPSA) is 78.9 Å². The summed E-state index contributed by atoms with van der Waals surface area (Å²) in [5.74, 6) is -4.48. The molecule has 194 valence electrons. The number of hydrogen-bond donors (Lipinski definition) is 0. The highest BCUT2D eigenvalue weighted by atomic mass is 19.2. The molecule has 0 amide bonds. The standard InChI is InChI=1S/C30H24F2O6/c1-16(2)28(33)36-21-11-7-19(8-12-21)23-15-24(38-30(35)18(5)6)25(27(32)26(23)31)20-9-13-22(14-10-20)37-29(34)17(3)4/h7-15H,1,3,5H2,2,4,6H3.